The lowest BCUT2D eigenvalue weighted by Crippen LogP contribution is -2.46. The molecule has 12 nitrogen and oxygen atoms in total. The summed E-state index contributed by atoms with van der Waals surface area (Å²) < 4.78 is 0. The van der Waals surface area contributed by atoms with Crippen molar-refractivity contribution in [2.45, 2.75) is 129 Å². The number of carbonyl (C=O) groups excluding carboxylic acids is 8. The van der Waals surface area contributed by atoms with Crippen LogP contribution in [0.5, 0.6) is 0 Å². The van der Waals surface area contributed by atoms with Crippen LogP contribution in [0.1, 0.15) is 105 Å². The van der Waals surface area contributed by atoms with Crippen LogP contribution in [0.25, 0.3) is 0 Å². The van der Waals surface area contributed by atoms with Crippen LogP contribution in [-0.4, -0.2) is 77.9 Å². The predicted molar refractivity (Wildman–Crippen MR) is 153 cm³/mol. The van der Waals surface area contributed by atoms with Crippen LogP contribution < -0.4 is 21.3 Å². The summed E-state index contributed by atoms with van der Waals surface area (Å²) >= 11 is 0. The molecular formula is C29H48N4O8. The summed E-state index contributed by atoms with van der Waals surface area (Å²) in [4.78, 5) is 96.0. The first-order valence-corrected chi connectivity index (χ1v) is 14.1. The molecule has 0 saturated heterocycles. The molecule has 0 spiro atoms. The van der Waals surface area contributed by atoms with Gasteiger partial charge in [0.15, 0.2) is 0 Å². The number of amides is 3. The molecule has 0 heterocycles. The number of hydrogen-bond donors (Lipinski definition) is 4. The van der Waals surface area contributed by atoms with Crippen molar-refractivity contribution < 1.29 is 38.4 Å². The largest absolute Gasteiger partial charge is 0.353 e. The Kier molecular flexibility index (Phi) is 18.9. The average molecular weight is 581 g/mol. The van der Waals surface area contributed by atoms with Crippen molar-refractivity contribution in [3.05, 3.63) is 0 Å². The van der Waals surface area contributed by atoms with Crippen LogP contribution in [0.4, 0.5) is 0 Å². The summed E-state index contributed by atoms with van der Waals surface area (Å²) in [6.45, 7) is 7.03. The second-order valence-corrected chi connectivity index (χ2v) is 10.9. The molecule has 0 aliphatic rings. The van der Waals surface area contributed by atoms with Gasteiger partial charge in [0.05, 0.1) is 0 Å². The zero-order chi connectivity index (χ0) is 31.5. The topological polar surface area (TPSA) is 185 Å². The molecule has 0 bridgehead atoms. The maximum absolute atomic E-state index is 12.9. The maximum atomic E-state index is 12.9. The first kappa shape index (κ1) is 37.7. The second-order valence-electron chi connectivity index (χ2n) is 10.9. The molecule has 0 aromatic rings. The van der Waals surface area contributed by atoms with Crippen LogP contribution in [0.15, 0.2) is 0 Å². The van der Waals surface area contributed by atoms with Crippen LogP contribution >= 0.6 is 0 Å². The molecule has 0 aromatic carbocycles. The van der Waals surface area contributed by atoms with Crippen molar-refractivity contribution in [3.63, 3.8) is 0 Å². The normalized spacial score (nSPS) is 13.7. The molecule has 0 saturated carbocycles. The number of rotatable bonds is 23. The molecule has 0 fully saturated rings. The molecule has 12 heteroatoms. The van der Waals surface area contributed by atoms with Gasteiger partial charge in [0, 0.05) is 75.5 Å². The summed E-state index contributed by atoms with van der Waals surface area (Å²) in [6, 6.07) is -2.26. The quantitative estimate of drug-likeness (QED) is 0.138. The van der Waals surface area contributed by atoms with Crippen LogP contribution in [0, 0.1) is 0 Å². The summed E-state index contributed by atoms with van der Waals surface area (Å²) in [6.07, 6.45) is 1.33. The molecule has 4 atom stereocenters. The van der Waals surface area contributed by atoms with Gasteiger partial charge in [0.2, 0.25) is 17.7 Å². The van der Waals surface area contributed by atoms with Gasteiger partial charge in [-0.25, -0.2) is 0 Å². The highest BCUT2D eigenvalue weighted by atomic mass is 16.2. The highest BCUT2D eigenvalue weighted by Gasteiger charge is 2.24. The van der Waals surface area contributed by atoms with Gasteiger partial charge in [-0.3, -0.25) is 24.0 Å². The zero-order valence-electron chi connectivity index (χ0n) is 25.4. The molecule has 41 heavy (non-hydrogen) atoms. The number of nitrogens with one attached hydrogen (secondary N) is 4. The lowest BCUT2D eigenvalue weighted by atomic mass is 10.0. The summed E-state index contributed by atoms with van der Waals surface area (Å²) in [5, 5.41) is 11.2. The van der Waals surface area contributed by atoms with Crippen LogP contribution in [-0.2, 0) is 38.4 Å². The van der Waals surface area contributed by atoms with E-state index in [-0.39, 0.29) is 92.2 Å². The summed E-state index contributed by atoms with van der Waals surface area (Å²) in [7, 11) is 1.69. The van der Waals surface area contributed by atoms with E-state index in [1.54, 1.807) is 7.05 Å². The first-order valence-electron chi connectivity index (χ1n) is 14.1. The van der Waals surface area contributed by atoms with Gasteiger partial charge in [-0.15, -0.1) is 0 Å². The molecular weight excluding hydrogens is 532 g/mol. The van der Waals surface area contributed by atoms with Crippen LogP contribution in [0.2, 0.25) is 0 Å². The highest BCUT2D eigenvalue weighted by Crippen LogP contribution is 2.10. The van der Waals surface area contributed by atoms with Crippen molar-refractivity contribution >= 4 is 46.6 Å². The third kappa shape index (κ3) is 21.2. The van der Waals surface area contributed by atoms with Gasteiger partial charge in [-0.2, -0.15) is 0 Å². The van der Waals surface area contributed by atoms with E-state index in [0.717, 1.165) is 0 Å². The fourth-order valence-electron chi connectivity index (χ4n) is 4.33. The predicted octanol–water partition coefficient (Wildman–Crippen LogP) is 1.26. The smallest absolute Gasteiger partial charge is 0.222 e. The Morgan fingerprint density at radius 1 is 0.415 bits per heavy atom. The minimum absolute atomic E-state index is 0.0147. The van der Waals surface area contributed by atoms with Gasteiger partial charge in [0.1, 0.15) is 28.9 Å². The molecule has 4 unspecified atom stereocenters. The number of carbonyl (C=O) groups is 8. The van der Waals surface area contributed by atoms with E-state index in [4.69, 9.17) is 0 Å². The van der Waals surface area contributed by atoms with Gasteiger partial charge in [-0.05, 0) is 60.9 Å². The fraction of sp³-hybridized carbons (Fsp3) is 0.724. The zero-order valence-corrected chi connectivity index (χ0v) is 25.4. The molecule has 4 N–H and O–H groups in total. The second kappa shape index (κ2) is 20.6. The van der Waals surface area contributed by atoms with E-state index in [1.807, 2.05) is 0 Å². The summed E-state index contributed by atoms with van der Waals surface area (Å²) in [5.41, 5.74) is 0. The first-order chi connectivity index (χ1) is 19.1. The third-order valence-electron chi connectivity index (χ3n) is 6.40. The van der Waals surface area contributed by atoms with Crippen molar-refractivity contribution in [2.24, 2.45) is 0 Å². The molecule has 0 aromatic heterocycles. The van der Waals surface area contributed by atoms with E-state index in [2.05, 4.69) is 21.3 Å². The lowest BCUT2D eigenvalue weighted by Gasteiger charge is -2.23. The van der Waals surface area contributed by atoms with Crippen molar-refractivity contribution in [3.8, 4) is 0 Å². The van der Waals surface area contributed by atoms with Crippen molar-refractivity contribution in [1.82, 2.24) is 21.3 Å². The van der Waals surface area contributed by atoms with Gasteiger partial charge in [-0.1, -0.05) is 0 Å². The Bertz CT molecular complexity index is 949. The van der Waals surface area contributed by atoms with E-state index >= 15 is 0 Å². The van der Waals surface area contributed by atoms with Crippen molar-refractivity contribution in [2.75, 3.05) is 7.05 Å². The molecule has 0 aliphatic heterocycles. The SMILES string of the molecule is CNC(CCC(C)=O)CC(=O)NC(CCC(C)=O)CC(=O)NC(CC(C)=O)CC(=O)NC(CCC(C)=O)CC(C)=O. The minimum atomic E-state index is -0.824. The average Bonchev–Trinajstić information content (AvgIpc) is 2.82. The van der Waals surface area contributed by atoms with Gasteiger partial charge >= 0.3 is 0 Å². The molecule has 0 aliphatic carbocycles. The Labute approximate surface area is 242 Å². The Balaban J connectivity index is 5.33. The Morgan fingerprint density at radius 3 is 1.07 bits per heavy atom. The van der Waals surface area contributed by atoms with E-state index in [0.29, 0.717) is 19.3 Å². The molecule has 0 radical (unpaired) electrons. The van der Waals surface area contributed by atoms with E-state index < -0.39 is 29.9 Å². The van der Waals surface area contributed by atoms with Crippen molar-refractivity contribution in [1.29, 1.82) is 0 Å². The number of Topliss-reactive ketones (excluding diaryl/α,β-unsaturated/α-hetero) is 5. The van der Waals surface area contributed by atoms with Gasteiger partial charge in [0.25, 0.3) is 0 Å². The fourth-order valence-corrected chi connectivity index (χ4v) is 4.33. The lowest BCUT2D eigenvalue weighted by molar-refractivity contribution is -0.126. The Morgan fingerprint density at radius 2 is 0.707 bits per heavy atom. The highest BCUT2D eigenvalue weighted by molar-refractivity contribution is 5.85. The minimum Gasteiger partial charge on any atom is -0.353 e. The number of ketones is 5. The standard InChI is InChI=1S/C29H48N4O8/c1-18(34)7-10-23(30-6)15-27(39)32-25(12-9-20(3)36)16-28(40)33-26(14-22(5)38)17-29(41)31-24(13-21(4)37)11-8-19(2)35/h23-26,30H,7-17H2,1-6H3,(H,31,41)(H,32,39)(H,33,40). The maximum Gasteiger partial charge on any atom is 0.222 e. The summed E-state index contributed by atoms with van der Waals surface area (Å²) in [5.74, 6) is -1.87. The third-order valence-corrected chi connectivity index (χ3v) is 6.40. The van der Waals surface area contributed by atoms with Gasteiger partial charge < -0.3 is 35.7 Å². The van der Waals surface area contributed by atoms with E-state index in [9.17, 15) is 38.4 Å². The number of hydrogen-bond acceptors (Lipinski definition) is 9. The van der Waals surface area contributed by atoms with Crippen LogP contribution in [0.3, 0.4) is 0 Å². The Hall–Kier alpha value is -3.28. The monoisotopic (exact) mass is 580 g/mol. The molecule has 3 amide bonds. The molecule has 232 valence electrons. The molecule has 0 rings (SSSR count). The van der Waals surface area contributed by atoms with E-state index in [1.165, 1.54) is 34.6 Å².